The van der Waals surface area contributed by atoms with Crippen LogP contribution in [0.1, 0.15) is 32.7 Å². The summed E-state index contributed by atoms with van der Waals surface area (Å²) in [6, 6.07) is 48.1. The number of ether oxygens (including phenoxy) is 1. The largest absolute Gasteiger partial charge is 0.481 e. The fraction of sp³-hybridized carbons (Fsp3) is 0.193. The van der Waals surface area contributed by atoms with E-state index >= 15 is 0 Å². The Morgan fingerprint density at radius 3 is 1.47 bits per heavy atom. The van der Waals surface area contributed by atoms with Crippen LogP contribution < -0.4 is 35.6 Å². The van der Waals surface area contributed by atoms with Crippen LogP contribution in [0, 0.1) is 0 Å². The molecule has 0 spiro atoms. The summed E-state index contributed by atoms with van der Waals surface area (Å²) in [5, 5.41) is 21.0. The molecule has 5 amide bonds. The van der Waals surface area contributed by atoms with Gasteiger partial charge in [-0.15, -0.1) is 0 Å². The molecule has 2 aliphatic rings. The van der Waals surface area contributed by atoms with Crippen molar-refractivity contribution in [2.45, 2.75) is 31.2 Å². The lowest BCUT2D eigenvalue weighted by atomic mass is 10.0. The Morgan fingerprint density at radius 1 is 0.541 bits per heavy atom. The predicted octanol–water partition coefficient (Wildman–Crippen LogP) is 5.74. The van der Waals surface area contributed by atoms with Crippen LogP contribution in [0.25, 0.3) is 21.5 Å². The zero-order valence-electron chi connectivity index (χ0n) is 40.1. The maximum absolute atomic E-state index is 13.4. The molecule has 9 rings (SSSR count). The molecule has 0 fully saturated rings. The molecule has 2 heterocycles. The van der Waals surface area contributed by atoms with Crippen LogP contribution in [-0.4, -0.2) is 111 Å². The SMILES string of the molecule is O=CN1C[C@H](NC(=O)c2cccc3ccccc23)CN(CC(=O)OCc2ccccc2)c2ccccc21.O=C[C@H](CC(=O)O)NC(=O)CN1C[C@@H](NC(=O)c2cccc3ccccc23)CN(C=O)c2ccccc21. The lowest BCUT2D eigenvalue weighted by molar-refractivity contribution is -0.143. The highest BCUT2D eigenvalue weighted by Crippen LogP contribution is 2.33. The number of amides is 5. The highest BCUT2D eigenvalue weighted by atomic mass is 16.5. The minimum absolute atomic E-state index is 0.0167. The van der Waals surface area contributed by atoms with Crippen LogP contribution in [0.3, 0.4) is 0 Å². The highest BCUT2D eigenvalue weighted by Gasteiger charge is 2.31. The van der Waals surface area contributed by atoms with E-state index in [0.717, 1.165) is 39.2 Å². The van der Waals surface area contributed by atoms with Gasteiger partial charge in [-0.3, -0.25) is 33.6 Å². The van der Waals surface area contributed by atoms with Crippen LogP contribution in [0.2, 0.25) is 0 Å². The topological polar surface area (TPSA) is 215 Å². The molecular formula is C57H53N7O10. The fourth-order valence-corrected chi connectivity index (χ4v) is 9.21. The highest BCUT2D eigenvalue weighted by molar-refractivity contribution is 6.08. The lowest BCUT2D eigenvalue weighted by Gasteiger charge is -2.27. The minimum atomic E-state index is -1.21. The Hall–Kier alpha value is -9.38. The molecule has 4 N–H and O–H groups in total. The first-order valence-corrected chi connectivity index (χ1v) is 23.9. The summed E-state index contributed by atoms with van der Waals surface area (Å²) in [6.45, 7) is 0.911. The van der Waals surface area contributed by atoms with Crippen molar-refractivity contribution in [3.8, 4) is 0 Å². The van der Waals surface area contributed by atoms with E-state index in [0.29, 0.717) is 47.4 Å². The van der Waals surface area contributed by atoms with Gasteiger partial charge in [-0.25, -0.2) is 0 Å². The van der Waals surface area contributed by atoms with Gasteiger partial charge in [-0.05, 0) is 63.5 Å². The number of hydrogen-bond donors (Lipinski definition) is 4. The van der Waals surface area contributed by atoms with Gasteiger partial charge >= 0.3 is 11.9 Å². The second-order valence-corrected chi connectivity index (χ2v) is 17.7. The number of rotatable bonds is 16. The molecule has 0 saturated heterocycles. The number of carboxylic acids is 1. The van der Waals surface area contributed by atoms with Crippen molar-refractivity contribution >= 4 is 93.1 Å². The zero-order chi connectivity index (χ0) is 52.0. The maximum Gasteiger partial charge on any atom is 0.325 e. The summed E-state index contributed by atoms with van der Waals surface area (Å²) in [5.74, 6) is -2.71. The fourth-order valence-electron chi connectivity index (χ4n) is 9.21. The van der Waals surface area contributed by atoms with Crippen LogP contribution in [0.15, 0.2) is 164 Å². The van der Waals surface area contributed by atoms with Crippen LogP contribution >= 0.6 is 0 Å². The van der Waals surface area contributed by atoms with Gasteiger partial charge in [0.2, 0.25) is 18.7 Å². The molecule has 7 aromatic rings. The summed E-state index contributed by atoms with van der Waals surface area (Å²) < 4.78 is 5.52. The van der Waals surface area contributed by atoms with Gasteiger partial charge in [0.15, 0.2) is 0 Å². The van der Waals surface area contributed by atoms with E-state index in [-0.39, 0.29) is 51.1 Å². The molecule has 3 atom stereocenters. The number of nitrogens with one attached hydrogen (secondary N) is 3. The number of carbonyl (C=O) groups is 8. The third-order valence-electron chi connectivity index (χ3n) is 12.6. The molecule has 0 bridgehead atoms. The van der Waals surface area contributed by atoms with Crippen molar-refractivity contribution < 1.29 is 48.2 Å². The third-order valence-corrected chi connectivity index (χ3v) is 12.6. The van der Waals surface area contributed by atoms with Gasteiger partial charge in [-0.1, -0.05) is 127 Å². The van der Waals surface area contributed by atoms with Crippen LogP contribution in [0.4, 0.5) is 22.7 Å². The first kappa shape index (κ1) is 51.0. The molecule has 2 aliphatic heterocycles. The quantitative estimate of drug-likeness (QED) is 0.0674. The van der Waals surface area contributed by atoms with E-state index < -0.39 is 42.4 Å². The average Bonchev–Trinajstić information content (AvgIpc) is 3.66. The second kappa shape index (κ2) is 24.2. The van der Waals surface area contributed by atoms with E-state index in [9.17, 15) is 38.4 Å². The number of aliphatic carboxylic acids is 1. The third kappa shape index (κ3) is 12.6. The molecule has 0 unspecified atom stereocenters. The number of hydrogen-bond acceptors (Lipinski definition) is 11. The van der Waals surface area contributed by atoms with Gasteiger partial charge in [0.25, 0.3) is 11.8 Å². The summed E-state index contributed by atoms with van der Waals surface area (Å²) in [7, 11) is 0. The molecule has 0 aliphatic carbocycles. The number of benzene rings is 7. The Bertz CT molecular complexity index is 3180. The van der Waals surface area contributed by atoms with Gasteiger partial charge in [0.1, 0.15) is 19.4 Å². The Kier molecular flexibility index (Phi) is 16.6. The van der Waals surface area contributed by atoms with Crippen molar-refractivity contribution in [1.29, 1.82) is 0 Å². The number of esters is 1. The molecule has 7 aromatic carbocycles. The van der Waals surface area contributed by atoms with Crippen molar-refractivity contribution in [2.24, 2.45) is 0 Å². The standard InChI is InChI=1S/C30H27N3O4.C27H26N4O6/c34-21-33-18-24(31-30(36)26-14-8-12-23-11-4-5-13-25(23)26)17-32(27-15-6-7-16-28(27)33)19-29(35)37-20-22-9-2-1-3-10-22;32-16-19(12-26(35)36)28-25(34)15-30-13-20(14-31(17-33)24-11-4-3-10-23(24)30)29-27(37)22-9-5-7-18-6-1-2-8-21(18)22/h1-16,21,24H,17-20H2,(H,31,36);1-11,16-17,19-20H,12-15H2,(H,28,34)(H,29,37)(H,35,36)/t24-;19-,20+/m10/s1. The van der Waals surface area contributed by atoms with Crippen LogP contribution in [-0.2, 0) is 40.1 Å². The predicted molar refractivity (Wildman–Crippen MR) is 281 cm³/mol. The number of carbonyl (C=O) groups excluding carboxylic acids is 7. The summed E-state index contributed by atoms with van der Waals surface area (Å²) >= 11 is 0. The van der Waals surface area contributed by atoms with Gasteiger partial charge < -0.3 is 50.2 Å². The molecule has 376 valence electrons. The number of anilines is 4. The Labute approximate surface area is 426 Å². The van der Waals surface area contributed by atoms with E-state index in [4.69, 9.17) is 9.84 Å². The Morgan fingerprint density at radius 2 is 0.986 bits per heavy atom. The zero-order valence-corrected chi connectivity index (χ0v) is 40.1. The summed E-state index contributed by atoms with van der Waals surface area (Å²) in [6.07, 6.45) is 1.28. The van der Waals surface area contributed by atoms with E-state index in [1.54, 1.807) is 52.3 Å². The molecule has 74 heavy (non-hydrogen) atoms. The molecule has 0 saturated carbocycles. The number of nitrogens with zero attached hydrogens (tertiary/aromatic N) is 4. The van der Waals surface area contributed by atoms with Gasteiger partial charge in [0.05, 0.1) is 53.8 Å². The van der Waals surface area contributed by atoms with Crippen molar-refractivity contribution in [2.75, 3.05) is 58.9 Å². The van der Waals surface area contributed by atoms with Crippen molar-refractivity contribution in [1.82, 2.24) is 16.0 Å². The van der Waals surface area contributed by atoms with Crippen molar-refractivity contribution in [3.63, 3.8) is 0 Å². The molecule has 17 nitrogen and oxygen atoms in total. The molecule has 0 radical (unpaired) electrons. The smallest absolute Gasteiger partial charge is 0.325 e. The molecule has 17 heteroatoms. The number of aldehydes is 1. The first-order chi connectivity index (χ1) is 36.0. The van der Waals surface area contributed by atoms with Gasteiger partial charge in [-0.2, -0.15) is 0 Å². The normalized spacial score (nSPS) is 15.4. The van der Waals surface area contributed by atoms with Crippen LogP contribution in [0.5, 0.6) is 0 Å². The second-order valence-electron chi connectivity index (χ2n) is 17.7. The van der Waals surface area contributed by atoms with Crippen molar-refractivity contribution in [3.05, 3.63) is 180 Å². The lowest BCUT2D eigenvalue weighted by Crippen LogP contribution is -2.50. The first-order valence-electron chi connectivity index (χ1n) is 23.9. The molecular weight excluding hydrogens is 943 g/mol. The van der Waals surface area contributed by atoms with E-state index in [1.807, 2.05) is 126 Å². The summed E-state index contributed by atoms with van der Waals surface area (Å²) in [4.78, 5) is 105. The maximum atomic E-state index is 13.4. The number of carboxylic acid groups (broad SMARTS) is 1. The number of para-hydroxylation sites is 4. The van der Waals surface area contributed by atoms with E-state index in [1.165, 1.54) is 4.90 Å². The average molecular weight is 996 g/mol. The number of fused-ring (bicyclic) bond motifs is 4. The van der Waals surface area contributed by atoms with Gasteiger partial charge in [0, 0.05) is 37.3 Å². The summed E-state index contributed by atoms with van der Waals surface area (Å²) in [5.41, 5.74) is 4.51. The molecule has 0 aromatic heterocycles. The van der Waals surface area contributed by atoms with E-state index in [2.05, 4.69) is 16.0 Å². The Balaban J connectivity index is 0.000000197. The minimum Gasteiger partial charge on any atom is -0.481 e. The monoisotopic (exact) mass is 995 g/mol.